The van der Waals surface area contributed by atoms with Crippen molar-refractivity contribution in [3.63, 3.8) is 0 Å². The van der Waals surface area contributed by atoms with Gasteiger partial charge in [0.2, 0.25) is 0 Å². The summed E-state index contributed by atoms with van der Waals surface area (Å²) in [5.74, 6) is -0.632. The molecule has 0 saturated heterocycles. The molecule has 6 nitrogen and oxygen atoms in total. The summed E-state index contributed by atoms with van der Waals surface area (Å²) in [4.78, 5) is 26.8. The van der Waals surface area contributed by atoms with E-state index in [0.717, 1.165) is 18.4 Å². The number of aromatic carboxylic acids is 1. The van der Waals surface area contributed by atoms with E-state index in [0.29, 0.717) is 24.5 Å². The van der Waals surface area contributed by atoms with E-state index in [1.807, 2.05) is 12.1 Å². The summed E-state index contributed by atoms with van der Waals surface area (Å²) in [6.45, 7) is 3.26. The van der Waals surface area contributed by atoms with Crippen LogP contribution in [0.25, 0.3) is 0 Å². The molecule has 0 aliphatic heterocycles. The Morgan fingerprint density at radius 1 is 1.12 bits per heavy atom. The van der Waals surface area contributed by atoms with Gasteiger partial charge >= 0.3 is 5.97 Å². The first-order valence-electron chi connectivity index (χ1n) is 7.91. The lowest BCUT2D eigenvalue weighted by molar-refractivity contribution is 0.0690. The minimum absolute atomic E-state index is 0.000835. The molecule has 24 heavy (non-hydrogen) atoms. The first-order chi connectivity index (χ1) is 11.6. The maximum atomic E-state index is 11.9. The lowest BCUT2D eigenvalue weighted by Gasteiger charge is -2.08. The Hall–Kier alpha value is -2.89. The molecular weight excluding hydrogens is 306 g/mol. The second-order valence-electron chi connectivity index (χ2n) is 5.37. The van der Waals surface area contributed by atoms with E-state index in [9.17, 15) is 9.59 Å². The van der Waals surface area contributed by atoms with Crippen LogP contribution in [0.2, 0.25) is 0 Å². The molecule has 1 amide bonds. The Morgan fingerprint density at radius 2 is 1.88 bits per heavy atom. The minimum atomic E-state index is -1.06. The molecule has 0 aliphatic carbocycles. The Balaban J connectivity index is 1.91. The van der Waals surface area contributed by atoms with Gasteiger partial charge in [0, 0.05) is 18.7 Å². The van der Waals surface area contributed by atoms with E-state index in [-0.39, 0.29) is 11.6 Å². The fourth-order valence-corrected chi connectivity index (χ4v) is 2.10. The third-order valence-corrected chi connectivity index (χ3v) is 3.47. The summed E-state index contributed by atoms with van der Waals surface area (Å²) in [5.41, 5.74) is 1.60. The van der Waals surface area contributed by atoms with Crippen molar-refractivity contribution in [2.24, 2.45) is 0 Å². The van der Waals surface area contributed by atoms with Gasteiger partial charge in [-0.2, -0.15) is 0 Å². The number of carbonyl (C=O) groups excluding carboxylic acids is 1. The van der Waals surface area contributed by atoms with Gasteiger partial charge in [-0.3, -0.25) is 4.79 Å². The Morgan fingerprint density at radius 3 is 2.54 bits per heavy atom. The van der Waals surface area contributed by atoms with Crippen LogP contribution in [0.1, 0.15) is 46.2 Å². The van der Waals surface area contributed by atoms with Crippen LogP contribution in [0, 0.1) is 0 Å². The summed E-state index contributed by atoms with van der Waals surface area (Å²) in [5, 5.41) is 14.9. The molecule has 0 unspecified atom stereocenters. The molecule has 126 valence electrons. The largest absolute Gasteiger partial charge is 0.477 e. The predicted octanol–water partition coefficient (Wildman–Crippen LogP) is 2.92. The highest BCUT2D eigenvalue weighted by Gasteiger charge is 2.06. The third-order valence-electron chi connectivity index (χ3n) is 3.47. The molecule has 2 rings (SSSR count). The van der Waals surface area contributed by atoms with Crippen molar-refractivity contribution in [2.45, 2.75) is 26.3 Å². The van der Waals surface area contributed by atoms with Gasteiger partial charge in [0.05, 0.1) is 0 Å². The Bertz CT molecular complexity index is 699. The number of carboxylic acids is 1. The number of rotatable bonds is 8. The smallest absolute Gasteiger partial charge is 0.354 e. The van der Waals surface area contributed by atoms with Crippen LogP contribution in [0.5, 0.6) is 0 Å². The number of nitrogens with zero attached hydrogens (tertiary/aromatic N) is 1. The van der Waals surface area contributed by atoms with Crippen molar-refractivity contribution in [2.75, 3.05) is 11.9 Å². The zero-order valence-corrected chi connectivity index (χ0v) is 13.6. The molecule has 0 spiro atoms. The van der Waals surface area contributed by atoms with Gasteiger partial charge in [-0.15, -0.1) is 0 Å². The van der Waals surface area contributed by atoms with Crippen LogP contribution in [-0.2, 0) is 6.54 Å². The predicted molar refractivity (Wildman–Crippen MR) is 92.2 cm³/mol. The van der Waals surface area contributed by atoms with Crippen LogP contribution in [-0.4, -0.2) is 28.5 Å². The molecule has 1 aromatic heterocycles. The highest BCUT2D eigenvalue weighted by Crippen LogP contribution is 2.09. The van der Waals surface area contributed by atoms with Gasteiger partial charge in [0.25, 0.3) is 5.91 Å². The van der Waals surface area contributed by atoms with E-state index in [4.69, 9.17) is 5.11 Å². The van der Waals surface area contributed by atoms with Crippen molar-refractivity contribution in [3.05, 3.63) is 59.3 Å². The Labute approximate surface area is 140 Å². The molecule has 1 aromatic carbocycles. The number of hydrogen-bond acceptors (Lipinski definition) is 4. The van der Waals surface area contributed by atoms with E-state index >= 15 is 0 Å². The Kier molecular flexibility index (Phi) is 6.31. The van der Waals surface area contributed by atoms with E-state index in [1.54, 1.807) is 24.3 Å². The SMILES string of the molecule is CCCCNC(=O)c1ccc(CNc2cccc(C(=O)O)n2)cc1. The van der Waals surface area contributed by atoms with Gasteiger partial charge in [0.1, 0.15) is 5.82 Å². The maximum absolute atomic E-state index is 11.9. The summed E-state index contributed by atoms with van der Waals surface area (Å²) >= 11 is 0. The number of benzene rings is 1. The quantitative estimate of drug-likeness (QED) is 0.648. The lowest BCUT2D eigenvalue weighted by atomic mass is 10.1. The second-order valence-corrected chi connectivity index (χ2v) is 5.37. The number of carboxylic acid groups (broad SMARTS) is 1. The molecular formula is C18H21N3O3. The van der Waals surface area contributed by atoms with Gasteiger partial charge in [0.15, 0.2) is 5.69 Å². The summed E-state index contributed by atoms with van der Waals surface area (Å²) < 4.78 is 0. The number of amides is 1. The molecule has 6 heteroatoms. The minimum Gasteiger partial charge on any atom is -0.477 e. The molecule has 3 N–H and O–H groups in total. The van der Waals surface area contributed by atoms with Crippen molar-refractivity contribution in [1.29, 1.82) is 0 Å². The van der Waals surface area contributed by atoms with Gasteiger partial charge in [-0.05, 0) is 36.2 Å². The van der Waals surface area contributed by atoms with Gasteiger partial charge in [-0.25, -0.2) is 9.78 Å². The highest BCUT2D eigenvalue weighted by atomic mass is 16.4. The van der Waals surface area contributed by atoms with Crippen molar-refractivity contribution >= 4 is 17.7 Å². The molecule has 0 saturated carbocycles. The normalized spacial score (nSPS) is 10.2. The fourth-order valence-electron chi connectivity index (χ4n) is 2.10. The van der Waals surface area contributed by atoms with Crippen molar-refractivity contribution in [3.8, 4) is 0 Å². The molecule has 0 aliphatic rings. The van der Waals surface area contributed by atoms with Crippen LogP contribution < -0.4 is 10.6 Å². The van der Waals surface area contributed by atoms with Crippen LogP contribution in [0.15, 0.2) is 42.5 Å². The van der Waals surface area contributed by atoms with Crippen LogP contribution >= 0.6 is 0 Å². The van der Waals surface area contributed by atoms with Gasteiger partial charge < -0.3 is 15.7 Å². The molecule has 0 radical (unpaired) electrons. The van der Waals surface area contributed by atoms with Crippen molar-refractivity contribution < 1.29 is 14.7 Å². The number of pyridine rings is 1. The number of unbranched alkanes of at least 4 members (excludes halogenated alkanes) is 1. The van der Waals surface area contributed by atoms with E-state index < -0.39 is 5.97 Å². The number of aromatic nitrogens is 1. The van der Waals surface area contributed by atoms with E-state index in [2.05, 4.69) is 22.5 Å². The molecule has 0 atom stereocenters. The molecule has 0 bridgehead atoms. The zero-order valence-electron chi connectivity index (χ0n) is 13.6. The van der Waals surface area contributed by atoms with Crippen molar-refractivity contribution in [1.82, 2.24) is 10.3 Å². The average molecular weight is 327 g/mol. The summed E-state index contributed by atoms with van der Waals surface area (Å²) in [7, 11) is 0. The number of carbonyl (C=O) groups is 2. The average Bonchev–Trinajstić information content (AvgIpc) is 2.60. The fraction of sp³-hybridized carbons (Fsp3) is 0.278. The second kappa shape index (κ2) is 8.67. The van der Waals surface area contributed by atoms with E-state index in [1.165, 1.54) is 6.07 Å². The first kappa shape index (κ1) is 17.5. The van der Waals surface area contributed by atoms with Gasteiger partial charge in [-0.1, -0.05) is 31.5 Å². The molecule has 0 fully saturated rings. The topological polar surface area (TPSA) is 91.3 Å². The number of nitrogens with one attached hydrogen (secondary N) is 2. The van der Waals surface area contributed by atoms with Crippen LogP contribution in [0.4, 0.5) is 5.82 Å². The number of hydrogen-bond donors (Lipinski definition) is 3. The zero-order chi connectivity index (χ0) is 17.4. The van der Waals surface area contributed by atoms with Crippen LogP contribution in [0.3, 0.4) is 0 Å². The highest BCUT2D eigenvalue weighted by molar-refractivity contribution is 5.94. The third kappa shape index (κ3) is 5.08. The lowest BCUT2D eigenvalue weighted by Crippen LogP contribution is -2.24. The summed E-state index contributed by atoms with van der Waals surface area (Å²) in [6.07, 6.45) is 2.01. The summed E-state index contributed by atoms with van der Waals surface area (Å²) in [6, 6.07) is 12.1. The molecule has 1 heterocycles. The monoisotopic (exact) mass is 327 g/mol. The maximum Gasteiger partial charge on any atom is 0.354 e. The molecule has 2 aromatic rings. The standard InChI is InChI=1S/C18H21N3O3/c1-2-3-11-19-17(22)14-9-7-13(8-10-14)12-20-16-6-4-5-15(21-16)18(23)24/h4-10H,2-3,11-12H2,1H3,(H,19,22)(H,20,21)(H,23,24). The first-order valence-corrected chi connectivity index (χ1v) is 7.91. The number of anilines is 1.